The van der Waals surface area contributed by atoms with Crippen molar-refractivity contribution in [1.29, 1.82) is 0 Å². The summed E-state index contributed by atoms with van der Waals surface area (Å²) in [6, 6.07) is 1.64. The maximum absolute atomic E-state index is 13.3. The molecule has 0 saturated heterocycles. The highest BCUT2D eigenvalue weighted by molar-refractivity contribution is 5.95. The van der Waals surface area contributed by atoms with Crippen molar-refractivity contribution in [1.82, 2.24) is 9.88 Å². The Kier molecular flexibility index (Phi) is 8.97. The van der Waals surface area contributed by atoms with Crippen LogP contribution in [0.15, 0.2) is 10.9 Å². The smallest absolute Gasteiger partial charge is 0.392 e. The van der Waals surface area contributed by atoms with Crippen LogP contribution in [-0.2, 0) is 28.9 Å². The molecule has 0 radical (unpaired) electrons. The van der Waals surface area contributed by atoms with Gasteiger partial charge in [0.1, 0.15) is 18.7 Å². The number of hydrogen-bond acceptors (Lipinski definition) is 4. The molecule has 0 aromatic carbocycles. The fourth-order valence-electron chi connectivity index (χ4n) is 4.80. The molecule has 184 valence electrons. The van der Waals surface area contributed by atoms with E-state index in [4.69, 9.17) is 0 Å². The van der Waals surface area contributed by atoms with Gasteiger partial charge in [-0.15, -0.1) is 0 Å². The third-order valence-electron chi connectivity index (χ3n) is 6.55. The first kappa shape index (κ1) is 25.3. The zero-order valence-corrected chi connectivity index (χ0v) is 19.0. The van der Waals surface area contributed by atoms with Gasteiger partial charge in [-0.25, -0.2) is 0 Å². The van der Waals surface area contributed by atoms with Gasteiger partial charge in [0, 0.05) is 12.2 Å². The van der Waals surface area contributed by atoms with Crippen molar-refractivity contribution in [2.75, 3.05) is 13.2 Å². The molecule has 1 N–H and O–H groups in total. The van der Waals surface area contributed by atoms with Gasteiger partial charge in [0.15, 0.2) is 0 Å². The molecule has 0 aliphatic heterocycles. The van der Waals surface area contributed by atoms with E-state index in [1.807, 2.05) is 0 Å². The van der Waals surface area contributed by atoms with Gasteiger partial charge in [0.05, 0.1) is 6.42 Å². The number of carbonyl (C=O) groups excluding carboxylic acids is 2. The first-order chi connectivity index (χ1) is 15.7. The molecule has 33 heavy (non-hydrogen) atoms. The Morgan fingerprint density at radius 1 is 1.03 bits per heavy atom. The third-order valence-corrected chi connectivity index (χ3v) is 6.55. The van der Waals surface area contributed by atoms with Crippen LogP contribution in [0.1, 0.15) is 85.8 Å². The molecule has 3 rings (SSSR count). The van der Waals surface area contributed by atoms with Crippen molar-refractivity contribution in [3.8, 4) is 0 Å². The number of alkyl halides is 3. The van der Waals surface area contributed by atoms with Crippen molar-refractivity contribution >= 4 is 11.9 Å². The molecule has 1 saturated carbocycles. The molecule has 1 fully saturated rings. The zero-order chi connectivity index (χ0) is 23.8. The van der Waals surface area contributed by atoms with E-state index in [9.17, 15) is 27.6 Å². The second-order valence-corrected chi connectivity index (χ2v) is 9.13. The van der Waals surface area contributed by atoms with Gasteiger partial charge in [-0.05, 0) is 56.1 Å². The van der Waals surface area contributed by atoms with Crippen LogP contribution in [0.25, 0.3) is 0 Å². The summed E-state index contributed by atoms with van der Waals surface area (Å²) >= 11 is 0. The molecule has 0 bridgehead atoms. The van der Waals surface area contributed by atoms with Crippen LogP contribution in [-0.4, -0.2) is 35.8 Å². The van der Waals surface area contributed by atoms with E-state index < -0.39 is 37.6 Å². The maximum Gasteiger partial charge on any atom is 0.392 e. The Balaban J connectivity index is 1.75. The largest absolute Gasteiger partial charge is 0.464 e. The fraction of sp³-hybridized carbons (Fsp3) is 0.708. The van der Waals surface area contributed by atoms with E-state index in [1.165, 1.54) is 6.42 Å². The van der Waals surface area contributed by atoms with E-state index in [0.717, 1.165) is 75.5 Å². The molecule has 2 aliphatic rings. The number of aryl methyl sites for hydroxylation is 1. The summed E-state index contributed by atoms with van der Waals surface area (Å²) in [5.41, 5.74) is 1.65. The molecule has 1 aromatic heterocycles. The highest BCUT2D eigenvalue weighted by Gasteiger charge is 2.27. The Hall–Kier alpha value is -2.32. The highest BCUT2D eigenvalue weighted by atomic mass is 19.4. The van der Waals surface area contributed by atoms with Crippen molar-refractivity contribution in [3.63, 3.8) is 0 Å². The van der Waals surface area contributed by atoms with Crippen molar-refractivity contribution in [2.45, 2.75) is 89.8 Å². The third kappa shape index (κ3) is 7.61. The van der Waals surface area contributed by atoms with Gasteiger partial charge in [0.25, 0.3) is 11.5 Å². The van der Waals surface area contributed by atoms with Gasteiger partial charge >= 0.3 is 12.1 Å². The normalized spacial score (nSPS) is 17.5. The SMILES string of the molecule is O=C(CNC(=O)c1cc2c(n(CC3CCCCC3)c1=O)CCCCCC2)OCCC(F)(F)F. The average molecular weight is 471 g/mol. The number of aromatic nitrogens is 1. The summed E-state index contributed by atoms with van der Waals surface area (Å²) in [6.45, 7) is -0.789. The molecule has 0 unspecified atom stereocenters. The van der Waals surface area contributed by atoms with E-state index in [1.54, 1.807) is 10.6 Å². The molecule has 0 spiro atoms. The van der Waals surface area contributed by atoms with Crippen LogP contribution >= 0.6 is 0 Å². The lowest BCUT2D eigenvalue weighted by Gasteiger charge is -2.26. The number of hydrogen-bond donors (Lipinski definition) is 1. The van der Waals surface area contributed by atoms with Gasteiger partial charge < -0.3 is 14.6 Å². The number of pyridine rings is 1. The van der Waals surface area contributed by atoms with E-state index in [0.29, 0.717) is 12.5 Å². The number of rotatable bonds is 7. The number of fused-ring (bicyclic) bond motifs is 1. The summed E-state index contributed by atoms with van der Waals surface area (Å²) in [6.07, 6.45) is 5.81. The molecular weight excluding hydrogens is 437 g/mol. The standard InChI is InChI=1S/C24H33F3N2O4/c25-24(26,27)12-13-33-21(30)15-28-22(31)19-14-18-10-6-1-2-7-11-20(18)29(23(19)32)16-17-8-4-3-5-9-17/h14,17H,1-13,15-16H2,(H,28,31). The minimum atomic E-state index is -4.42. The molecule has 9 heteroatoms. The Morgan fingerprint density at radius 2 is 1.70 bits per heavy atom. The van der Waals surface area contributed by atoms with E-state index >= 15 is 0 Å². The van der Waals surface area contributed by atoms with Gasteiger partial charge in [0.2, 0.25) is 0 Å². The zero-order valence-electron chi connectivity index (χ0n) is 19.0. The fourth-order valence-corrected chi connectivity index (χ4v) is 4.80. The number of amides is 1. The summed E-state index contributed by atoms with van der Waals surface area (Å²) < 4.78 is 42.9. The van der Waals surface area contributed by atoms with Crippen molar-refractivity contribution < 1.29 is 27.5 Å². The van der Waals surface area contributed by atoms with Crippen LogP contribution in [0, 0.1) is 5.92 Å². The van der Waals surface area contributed by atoms with Crippen molar-refractivity contribution in [2.24, 2.45) is 5.92 Å². The minimum Gasteiger partial charge on any atom is -0.464 e. The lowest BCUT2D eigenvalue weighted by molar-refractivity contribution is -0.158. The molecule has 1 amide bonds. The molecule has 1 aromatic rings. The quantitative estimate of drug-likeness (QED) is 0.603. The maximum atomic E-state index is 13.3. The number of esters is 1. The number of halogens is 3. The second-order valence-electron chi connectivity index (χ2n) is 9.13. The first-order valence-electron chi connectivity index (χ1n) is 12.0. The predicted molar refractivity (Wildman–Crippen MR) is 117 cm³/mol. The highest BCUT2D eigenvalue weighted by Crippen LogP contribution is 2.27. The van der Waals surface area contributed by atoms with Crippen LogP contribution in [0.4, 0.5) is 13.2 Å². The number of carbonyl (C=O) groups is 2. The molecule has 2 aliphatic carbocycles. The monoisotopic (exact) mass is 470 g/mol. The Labute approximate surface area is 191 Å². The lowest BCUT2D eigenvalue weighted by Crippen LogP contribution is -2.38. The molecule has 1 heterocycles. The predicted octanol–water partition coefficient (Wildman–Crippen LogP) is 4.31. The Bertz CT molecular complexity index is 889. The van der Waals surface area contributed by atoms with Gasteiger partial charge in [-0.1, -0.05) is 32.1 Å². The Morgan fingerprint density at radius 3 is 2.39 bits per heavy atom. The minimum absolute atomic E-state index is 0.0202. The summed E-state index contributed by atoms with van der Waals surface area (Å²) in [5, 5.41) is 2.34. The average Bonchev–Trinajstić information content (AvgIpc) is 2.74. The van der Waals surface area contributed by atoms with Gasteiger partial charge in [-0.3, -0.25) is 14.4 Å². The van der Waals surface area contributed by atoms with Crippen molar-refractivity contribution in [3.05, 3.63) is 33.2 Å². The second kappa shape index (κ2) is 11.7. The van der Waals surface area contributed by atoms with Crippen LogP contribution in [0.3, 0.4) is 0 Å². The molecule has 0 atom stereocenters. The van der Waals surface area contributed by atoms with Gasteiger partial charge in [-0.2, -0.15) is 13.2 Å². The first-order valence-corrected chi connectivity index (χ1v) is 12.0. The van der Waals surface area contributed by atoms with Crippen LogP contribution in [0.2, 0.25) is 0 Å². The van der Waals surface area contributed by atoms with Crippen LogP contribution in [0.5, 0.6) is 0 Å². The lowest BCUT2D eigenvalue weighted by atomic mass is 9.88. The van der Waals surface area contributed by atoms with E-state index in [-0.39, 0.29) is 11.1 Å². The topological polar surface area (TPSA) is 77.4 Å². The summed E-state index contributed by atoms with van der Waals surface area (Å²) in [7, 11) is 0. The summed E-state index contributed by atoms with van der Waals surface area (Å²) in [5.74, 6) is -1.26. The molecular formula is C24H33F3N2O4. The van der Waals surface area contributed by atoms with E-state index in [2.05, 4.69) is 10.1 Å². The molecule has 6 nitrogen and oxygen atoms in total. The number of nitrogens with zero attached hydrogens (tertiary/aromatic N) is 1. The number of ether oxygens (including phenoxy) is 1. The number of nitrogens with one attached hydrogen (secondary N) is 1. The van der Waals surface area contributed by atoms with Crippen LogP contribution < -0.4 is 10.9 Å². The summed E-state index contributed by atoms with van der Waals surface area (Å²) in [4.78, 5) is 37.8.